The maximum Gasteiger partial charge on any atom is 0.249 e. The van der Waals surface area contributed by atoms with E-state index in [1.54, 1.807) is 0 Å². The molecule has 1 amide bonds. The van der Waals surface area contributed by atoms with Gasteiger partial charge in [-0.3, -0.25) is 4.79 Å². The van der Waals surface area contributed by atoms with Gasteiger partial charge >= 0.3 is 0 Å². The molecule has 2 N–H and O–H groups in total. The van der Waals surface area contributed by atoms with Crippen LogP contribution in [0.5, 0.6) is 0 Å². The molecule has 40 heavy (non-hydrogen) atoms. The van der Waals surface area contributed by atoms with Crippen LogP contribution in [0, 0.1) is 0 Å². The standard InChI is InChI=1S/C34H62N2O4/c1-5-6-7-8-9-10-11-12-13-14-15-16-17-18-19-23-27-39-33(34(35)37)32(30-38-28-26-36(2,3)4)40-29-31-24-21-20-22-25-31/h20-22,24-25,32-33H,5-19,23,26-30H2,1-4H3,(H-,35,37)/p+1. The normalized spacial score (nSPS) is 13.4. The molecule has 232 valence electrons. The van der Waals surface area contributed by atoms with Crippen LogP contribution in [0.3, 0.4) is 0 Å². The van der Waals surface area contributed by atoms with E-state index in [2.05, 4.69) is 28.1 Å². The summed E-state index contributed by atoms with van der Waals surface area (Å²) in [7, 11) is 6.38. The van der Waals surface area contributed by atoms with Crippen LogP contribution in [0.15, 0.2) is 30.3 Å². The zero-order chi connectivity index (χ0) is 29.3. The molecule has 0 saturated heterocycles. The van der Waals surface area contributed by atoms with Gasteiger partial charge in [-0.15, -0.1) is 0 Å². The molecule has 6 heteroatoms. The third kappa shape index (κ3) is 21.3. The number of likely N-dealkylation sites (N-methyl/N-ethyl adjacent to an activating group) is 1. The van der Waals surface area contributed by atoms with Gasteiger partial charge in [-0.05, 0) is 12.0 Å². The summed E-state index contributed by atoms with van der Waals surface area (Å²) in [6.07, 6.45) is 19.9. The Hall–Kier alpha value is -1.47. The number of rotatable bonds is 28. The lowest BCUT2D eigenvalue weighted by Crippen LogP contribution is -2.45. The van der Waals surface area contributed by atoms with Gasteiger partial charge in [-0.25, -0.2) is 0 Å². The van der Waals surface area contributed by atoms with Crippen molar-refractivity contribution in [2.24, 2.45) is 5.73 Å². The minimum Gasteiger partial charge on any atom is -0.373 e. The molecule has 6 nitrogen and oxygen atoms in total. The summed E-state index contributed by atoms with van der Waals surface area (Å²) in [6.45, 7) is 4.90. The predicted octanol–water partition coefficient (Wildman–Crippen LogP) is 7.43. The monoisotopic (exact) mass is 563 g/mol. The van der Waals surface area contributed by atoms with E-state index in [1.807, 2.05) is 30.3 Å². The molecule has 1 aromatic rings. The van der Waals surface area contributed by atoms with Crippen molar-refractivity contribution in [3.8, 4) is 0 Å². The van der Waals surface area contributed by atoms with E-state index >= 15 is 0 Å². The van der Waals surface area contributed by atoms with E-state index < -0.39 is 18.1 Å². The molecule has 1 rings (SSSR count). The van der Waals surface area contributed by atoms with E-state index in [1.165, 1.54) is 89.9 Å². The Morgan fingerprint density at radius 1 is 0.725 bits per heavy atom. The first kappa shape index (κ1) is 36.6. The molecule has 0 radical (unpaired) electrons. The molecule has 0 aromatic heterocycles. The van der Waals surface area contributed by atoms with Crippen molar-refractivity contribution in [3.05, 3.63) is 35.9 Å². The molecular formula is C34H63N2O4+. The van der Waals surface area contributed by atoms with E-state index in [4.69, 9.17) is 19.9 Å². The second-order valence-corrected chi connectivity index (χ2v) is 12.4. The maximum absolute atomic E-state index is 12.3. The predicted molar refractivity (Wildman–Crippen MR) is 167 cm³/mol. The molecule has 0 aliphatic heterocycles. The molecule has 1 aromatic carbocycles. The molecule has 0 spiro atoms. The summed E-state index contributed by atoms with van der Waals surface area (Å²) < 4.78 is 18.8. The van der Waals surface area contributed by atoms with Crippen LogP contribution >= 0.6 is 0 Å². The first-order valence-corrected chi connectivity index (χ1v) is 16.3. The van der Waals surface area contributed by atoms with Gasteiger partial charge < -0.3 is 24.4 Å². The summed E-state index contributed by atoms with van der Waals surface area (Å²) in [5.41, 5.74) is 6.79. The fourth-order valence-corrected chi connectivity index (χ4v) is 4.77. The Morgan fingerprint density at radius 3 is 1.70 bits per heavy atom. The number of hydrogen-bond acceptors (Lipinski definition) is 4. The van der Waals surface area contributed by atoms with Crippen molar-refractivity contribution >= 4 is 5.91 Å². The van der Waals surface area contributed by atoms with Crippen LogP contribution in [-0.4, -0.2) is 70.1 Å². The van der Waals surface area contributed by atoms with Crippen molar-refractivity contribution in [2.45, 2.75) is 128 Å². The van der Waals surface area contributed by atoms with Crippen molar-refractivity contribution in [2.75, 3.05) is 47.5 Å². The van der Waals surface area contributed by atoms with Crippen LogP contribution < -0.4 is 5.73 Å². The lowest BCUT2D eigenvalue weighted by atomic mass is 10.0. The van der Waals surface area contributed by atoms with Crippen molar-refractivity contribution in [1.29, 1.82) is 0 Å². The number of primary amides is 1. The SMILES string of the molecule is CCCCCCCCCCCCCCCCCCOC(C(N)=O)C(COCC[N+](C)(C)C)OCc1ccccc1. The lowest BCUT2D eigenvalue weighted by Gasteiger charge is -2.27. The highest BCUT2D eigenvalue weighted by atomic mass is 16.6. The number of carbonyl (C=O) groups is 1. The quantitative estimate of drug-likeness (QED) is 0.0850. The highest BCUT2D eigenvalue weighted by molar-refractivity contribution is 5.79. The number of benzene rings is 1. The van der Waals surface area contributed by atoms with Gasteiger partial charge in [0.25, 0.3) is 0 Å². The summed E-state index contributed by atoms with van der Waals surface area (Å²) in [5.74, 6) is -0.496. The average Bonchev–Trinajstić information content (AvgIpc) is 2.92. The second kappa shape index (κ2) is 24.2. The Bertz CT molecular complexity index is 708. The summed E-state index contributed by atoms with van der Waals surface area (Å²) >= 11 is 0. The van der Waals surface area contributed by atoms with Gasteiger partial charge in [0.05, 0.1) is 41.0 Å². The molecule has 0 bridgehead atoms. The number of hydrogen-bond donors (Lipinski definition) is 1. The van der Waals surface area contributed by atoms with Gasteiger partial charge in [-0.1, -0.05) is 134 Å². The fraction of sp³-hybridized carbons (Fsp3) is 0.794. The van der Waals surface area contributed by atoms with E-state index in [0.29, 0.717) is 19.8 Å². The number of nitrogens with two attached hydrogens (primary N) is 1. The van der Waals surface area contributed by atoms with E-state index in [0.717, 1.165) is 29.4 Å². The molecule has 0 heterocycles. The van der Waals surface area contributed by atoms with Gasteiger partial charge in [0.15, 0.2) is 6.10 Å². The summed E-state index contributed by atoms with van der Waals surface area (Å²) in [5, 5.41) is 0. The van der Waals surface area contributed by atoms with Crippen LogP contribution in [0.25, 0.3) is 0 Å². The Kier molecular flexibility index (Phi) is 22.1. The second-order valence-electron chi connectivity index (χ2n) is 12.4. The smallest absolute Gasteiger partial charge is 0.249 e. The molecule has 2 unspecified atom stereocenters. The number of ether oxygens (including phenoxy) is 3. The zero-order valence-electron chi connectivity index (χ0n) is 26.5. The number of unbranched alkanes of at least 4 members (excludes halogenated alkanes) is 15. The van der Waals surface area contributed by atoms with Crippen LogP contribution in [-0.2, 0) is 25.6 Å². The number of carbonyl (C=O) groups excluding carboxylic acids is 1. The minimum atomic E-state index is -0.816. The molecule has 0 saturated carbocycles. The van der Waals surface area contributed by atoms with Crippen LogP contribution in [0.2, 0.25) is 0 Å². The van der Waals surface area contributed by atoms with Gasteiger partial charge in [-0.2, -0.15) is 0 Å². The minimum absolute atomic E-state index is 0.277. The van der Waals surface area contributed by atoms with Crippen molar-refractivity contribution < 1.29 is 23.5 Å². The maximum atomic E-state index is 12.3. The molecule has 0 fully saturated rings. The fourth-order valence-electron chi connectivity index (χ4n) is 4.77. The van der Waals surface area contributed by atoms with Crippen molar-refractivity contribution in [3.63, 3.8) is 0 Å². The third-order valence-corrected chi connectivity index (χ3v) is 7.41. The third-order valence-electron chi connectivity index (χ3n) is 7.41. The molecule has 2 atom stereocenters. The van der Waals surface area contributed by atoms with Gasteiger partial charge in [0.1, 0.15) is 12.6 Å². The largest absolute Gasteiger partial charge is 0.373 e. The van der Waals surface area contributed by atoms with E-state index in [9.17, 15) is 4.79 Å². The van der Waals surface area contributed by atoms with Crippen molar-refractivity contribution in [1.82, 2.24) is 0 Å². The van der Waals surface area contributed by atoms with Gasteiger partial charge in [0, 0.05) is 6.61 Å². The lowest BCUT2D eigenvalue weighted by molar-refractivity contribution is -0.870. The van der Waals surface area contributed by atoms with Gasteiger partial charge in [0.2, 0.25) is 5.91 Å². The zero-order valence-corrected chi connectivity index (χ0v) is 26.5. The average molecular weight is 564 g/mol. The summed E-state index contributed by atoms with van der Waals surface area (Å²) in [6, 6.07) is 9.94. The molecule has 0 aliphatic rings. The van der Waals surface area contributed by atoms with E-state index in [-0.39, 0.29) is 6.61 Å². The molecular weight excluding hydrogens is 500 g/mol. The first-order chi connectivity index (χ1) is 19.3. The van der Waals surface area contributed by atoms with Crippen LogP contribution in [0.1, 0.15) is 115 Å². The number of quaternary nitrogens is 1. The Balaban J connectivity index is 2.22. The first-order valence-electron chi connectivity index (χ1n) is 16.3. The number of nitrogens with zero attached hydrogens (tertiary/aromatic N) is 1. The Labute approximate surface area is 246 Å². The highest BCUT2D eigenvalue weighted by Crippen LogP contribution is 2.15. The highest BCUT2D eigenvalue weighted by Gasteiger charge is 2.29. The Morgan fingerprint density at radius 2 is 1.23 bits per heavy atom. The van der Waals surface area contributed by atoms with Crippen LogP contribution in [0.4, 0.5) is 0 Å². The summed E-state index contributed by atoms with van der Waals surface area (Å²) in [4.78, 5) is 12.3. The topological polar surface area (TPSA) is 70.8 Å². The number of amides is 1. The molecule has 0 aliphatic carbocycles.